The maximum absolute atomic E-state index is 13.6. The first-order chi connectivity index (χ1) is 12.6. The number of nitrogens with one attached hydrogen (secondary N) is 2. The van der Waals surface area contributed by atoms with Crippen LogP contribution in [0.1, 0.15) is 34.3 Å². The summed E-state index contributed by atoms with van der Waals surface area (Å²) in [4.78, 5) is 26.8. The summed E-state index contributed by atoms with van der Waals surface area (Å²) in [7, 11) is 0. The van der Waals surface area contributed by atoms with E-state index >= 15 is 0 Å². The first-order valence-electron chi connectivity index (χ1n) is 8.73. The fourth-order valence-electron chi connectivity index (χ4n) is 3.12. The van der Waals surface area contributed by atoms with Gasteiger partial charge in [0.2, 0.25) is 0 Å². The minimum absolute atomic E-state index is 0.0648. The molecule has 0 aromatic heterocycles. The van der Waals surface area contributed by atoms with E-state index in [4.69, 9.17) is 0 Å². The number of carbonyl (C=O) groups is 2. The molecule has 0 spiro atoms. The van der Waals surface area contributed by atoms with Crippen molar-refractivity contribution in [3.8, 4) is 0 Å². The van der Waals surface area contributed by atoms with Crippen molar-refractivity contribution < 1.29 is 14.0 Å². The van der Waals surface area contributed by atoms with Gasteiger partial charge in [0.25, 0.3) is 5.91 Å². The quantitative estimate of drug-likeness (QED) is 0.879. The second-order valence-electron chi connectivity index (χ2n) is 6.40. The molecule has 1 aliphatic heterocycles. The Bertz CT molecular complexity index is 816. The van der Waals surface area contributed by atoms with Crippen molar-refractivity contribution in [2.75, 3.05) is 18.4 Å². The number of amides is 3. The van der Waals surface area contributed by atoms with Gasteiger partial charge in [-0.15, -0.1) is 0 Å². The third kappa shape index (κ3) is 4.02. The van der Waals surface area contributed by atoms with Crippen LogP contribution in [0, 0.1) is 12.7 Å². The molecule has 0 atom stereocenters. The van der Waals surface area contributed by atoms with Gasteiger partial charge in [0.05, 0.1) is 11.3 Å². The molecule has 0 unspecified atom stereocenters. The number of benzene rings is 2. The van der Waals surface area contributed by atoms with Gasteiger partial charge in [0.15, 0.2) is 0 Å². The second kappa shape index (κ2) is 7.99. The Morgan fingerprint density at radius 3 is 2.54 bits per heavy atom. The van der Waals surface area contributed by atoms with E-state index in [-0.39, 0.29) is 18.3 Å². The molecule has 136 valence electrons. The Hall–Kier alpha value is -2.89. The van der Waals surface area contributed by atoms with Gasteiger partial charge in [0, 0.05) is 25.2 Å². The van der Waals surface area contributed by atoms with Crippen molar-refractivity contribution in [2.45, 2.75) is 26.3 Å². The van der Waals surface area contributed by atoms with Crippen LogP contribution in [0.5, 0.6) is 0 Å². The Kier molecular flexibility index (Phi) is 5.51. The van der Waals surface area contributed by atoms with E-state index in [1.807, 2.05) is 17.9 Å². The number of anilines is 1. The van der Waals surface area contributed by atoms with E-state index in [1.165, 1.54) is 6.07 Å². The van der Waals surface area contributed by atoms with E-state index in [0.29, 0.717) is 16.8 Å². The molecule has 2 aromatic carbocycles. The van der Waals surface area contributed by atoms with Gasteiger partial charge in [-0.05, 0) is 37.5 Å². The van der Waals surface area contributed by atoms with Crippen LogP contribution in [0.2, 0.25) is 0 Å². The Morgan fingerprint density at radius 2 is 1.81 bits per heavy atom. The molecule has 2 N–H and O–H groups in total. The minimum atomic E-state index is -0.477. The SMILES string of the molecule is Cc1cccc(NC(=O)NCc2ccccc2F)c1C(=O)N1CCCC1. The van der Waals surface area contributed by atoms with Gasteiger partial charge in [-0.1, -0.05) is 30.3 Å². The first-order valence-corrected chi connectivity index (χ1v) is 8.73. The largest absolute Gasteiger partial charge is 0.339 e. The van der Waals surface area contributed by atoms with Crippen molar-refractivity contribution in [3.63, 3.8) is 0 Å². The zero-order valence-electron chi connectivity index (χ0n) is 14.7. The monoisotopic (exact) mass is 355 g/mol. The van der Waals surface area contributed by atoms with Crippen LogP contribution in [0.4, 0.5) is 14.9 Å². The lowest BCUT2D eigenvalue weighted by molar-refractivity contribution is 0.0793. The number of carbonyl (C=O) groups excluding carboxylic acids is 2. The number of hydrogen-bond donors (Lipinski definition) is 2. The molecule has 6 heteroatoms. The number of nitrogens with zero attached hydrogens (tertiary/aromatic N) is 1. The van der Waals surface area contributed by atoms with Gasteiger partial charge < -0.3 is 15.5 Å². The van der Waals surface area contributed by atoms with Gasteiger partial charge >= 0.3 is 6.03 Å². The highest BCUT2D eigenvalue weighted by molar-refractivity contribution is 6.04. The summed E-state index contributed by atoms with van der Waals surface area (Å²) in [5.74, 6) is -0.432. The Balaban J connectivity index is 1.71. The van der Waals surface area contributed by atoms with Crippen LogP contribution in [0.25, 0.3) is 0 Å². The first kappa shape index (κ1) is 17.9. The third-order valence-electron chi connectivity index (χ3n) is 4.53. The molecule has 3 amide bonds. The molecule has 0 bridgehead atoms. The van der Waals surface area contributed by atoms with Crippen molar-refractivity contribution >= 4 is 17.6 Å². The van der Waals surface area contributed by atoms with E-state index in [2.05, 4.69) is 10.6 Å². The van der Waals surface area contributed by atoms with Crippen LogP contribution in [0.3, 0.4) is 0 Å². The summed E-state index contributed by atoms with van der Waals surface area (Å²) in [6, 6.07) is 11.2. The molecule has 0 radical (unpaired) electrons. The van der Waals surface area contributed by atoms with Gasteiger partial charge in [-0.3, -0.25) is 4.79 Å². The number of halogens is 1. The lowest BCUT2D eigenvalue weighted by Crippen LogP contribution is -2.32. The molecule has 1 aliphatic rings. The predicted octanol–water partition coefficient (Wildman–Crippen LogP) is 3.69. The number of urea groups is 1. The fraction of sp³-hybridized carbons (Fsp3) is 0.300. The molecule has 0 aliphatic carbocycles. The standard InChI is InChI=1S/C20H22FN3O2/c1-14-7-6-10-17(18(14)19(25)24-11-4-5-12-24)23-20(26)22-13-15-8-2-3-9-16(15)21/h2-3,6-10H,4-5,11-13H2,1H3,(H2,22,23,26). The van der Waals surface area contributed by atoms with Crippen LogP contribution < -0.4 is 10.6 Å². The lowest BCUT2D eigenvalue weighted by atomic mass is 10.1. The Morgan fingerprint density at radius 1 is 1.08 bits per heavy atom. The molecule has 1 saturated heterocycles. The maximum Gasteiger partial charge on any atom is 0.319 e. The minimum Gasteiger partial charge on any atom is -0.339 e. The van der Waals surface area contributed by atoms with Gasteiger partial charge in [0.1, 0.15) is 5.82 Å². The summed E-state index contributed by atoms with van der Waals surface area (Å²) in [5, 5.41) is 5.35. The zero-order valence-corrected chi connectivity index (χ0v) is 14.7. The van der Waals surface area contributed by atoms with E-state index in [1.54, 1.807) is 30.3 Å². The van der Waals surface area contributed by atoms with Crippen molar-refractivity contribution in [1.29, 1.82) is 0 Å². The topological polar surface area (TPSA) is 61.4 Å². The highest BCUT2D eigenvalue weighted by Gasteiger charge is 2.24. The summed E-state index contributed by atoms with van der Waals surface area (Å²) in [6.45, 7) is 3.41. The van der Waals surface area contributed by atoms with Crippen molar-refractivity contribution in [2.24, 2.45) is 0 Å². The smallest absolute Gasteiger partial charge is 0.319 e. The molecule has 0 saturated carbocycles. The van der Waals surface area contributed by atoms with E-state index in [0.717, 1.165) is 31.5 Å². The van der Waals surface area contributed by atoms with Crippen LogP contribution in [-0.4, -0.2) is 29.9 Å². The molecule has 1 fully saturated rings. The van der Waals surface area contributed by atoms with Gasteiger partial charge in [-0.25, -0.2) is 9.18 Å². The lowest BCUT2D eigenvalue weighted by Gasteiger charge is -2.20. The van der Waals surface area contributed by atoms with E-state index < -0.39 is 6.03 Å². The molecule has 2 aromatic rings. The maximum atomic E-state index is 13.6. The summed E-state index contributed by atoms with van der Waals surface area (Å²) < 4.78 is 13.6. The summed E-state index contributed by atoms with van der Waals surface area (Å²) >= 11 is 0. The number of likely N-dealkylation sites (tertiary alicyclic amines) is 1. The highest BCUT2D eigenvalue weighted by Crippen LogP contribution is 2.23. The van der Waals surface area contributed by atoms with E-state index in [9.17, 15) is 14.0 Å². The highest BCUT2D eigenvalue weighted by atomic mass is 19.1. The molecule has 1 heterocycles. The Labute approximate surface area is 152 Å². The number of hydrogen-bond acceptors (Lipinski definition) is 2. The van der Waals surface area contributed by atoms with Gasteiger partial charge in [-0.2, -0.15) is 0 Å². The van der Waals surface area contributed by atoms with Crippen LogP contribution in [0.15, 0.2) is 42.5 Å². The van der Waals surface area contributed by atoms with Crippen molar-refractivity contribution in [1.82, 2.24) is 10.2 Å². The molecule has 5 nitrogen and oxygen atoms in total. The third-order valence-corrected chi connectivity index (χ3v) is 4.53. The summed E-state index contributed by atoms with van der Waals surface area (Å²) in [6.07, 6.45) is 2.01. The normalized spacial score (nSPS) is 13.5. The second-order valence-corrected chi connectivity index (χ2v) is 6.40. The number of aryl methyl sites for hydroxylation is 1. The predicted molar refractivity (Wildman–Crippen MR) is 98.6 cm³/mol. The van der Waals surface area contributed by atoms with Crippen LogP contribution in [-0.2, 0) is 6.54 Å². The molecular formula is C20H22FN3O2. The van der Waals surface area contributed by atoms with Crippen molar-refractivity contribution in [3.05, 3.63) is 65.0 Å². The summed E-state index contributed by atoms with van der Waals surface area (Å²) in [5.41, 5.74) is 2.19. The zero-order chi connectivity index (χ0) is 18.5. The average molecular weight is 355 g/mol. The number of rotatable bonds is 4. The molecule has 3 rings (SSSR count). The molecule has 26 heavy (non-hydrogen) atoms. The average Bonchev–Trinajstić information content (AvgIpc) is 3.15. The van der Waals surface area contributed by atoms with Crippen LogP contribution >= 0.6 is 0 Å². The fourth-order valence-corrected chi connectivity index (χ4v) is 3.12. The molecular weight excluding hydrogens is 333 g/mol.